The number of hydrogen-bond donors (Lipinski definition) is 3. The van der Waals surface area contributed by atoms with Gasteiger partial charge in [0.2, 0.25) is 0 Å². The maximum Gasteiger partial charge on any atom is 0.319 e. The molecule has 5 heteroatoms. The van der Waals surface area contributed by atoms with Crippen LogP contribution in [0.4, 0.5) is 10.5 Å². The Kier molecular flexibility index (Phi) is 5.53. The number of nitrogens with one attached hydrogen (secondary N) is 2. The first kappa shape index (κ1) is 16.2. The minimum absolute atomic E-state index is 0.245. The topological polar surface area (TPSA) is 61.4 Å². The third-order valence-corrected chi connectivity index (χ3v) is 4.64. The van der Waals surface area contributed by atoms with Crippen molar-refractivity contribution in [3.05, 3.63) is 29.3 Å². The third-order valence-electron chi connectivity index (χ3n) is 3.73. The number of anilines is 1. The molecule has 1 aromatic carbocycles. The summed E-state index contributed by atoms with van der Waals surface area (Å²) in [7, 11) is 0. The quantitative estimate of drug-likeness (QED) is 0.784. The largest absolute Gasteiger partial charge is 0.387 e. The van der Waals surface area contributed by atoms with Crippen LogP contribution in [0.3, 0.4) is 0 Å². The summed E-state index contributed by atoms with van der Waals surface area (Å²) in [5, 5.41) is 15.7. The van der Waals surface area contributed by atoms with Crippen molar-refractivity contribution in [2.24, 2.45) is 0 Å². The van der Waals surface area contributed by atoms with Crippen LogP contribution in [-0.4, -0.2) is 35.3 Å². The number of carbonyl (C=O) groups excluding carboxylic acids is 1. The first-order valence-corrected chi connectivity index (χ1v) is 8.78. The fourth-order valence-corrected chi connectivity index (χ4v) is 3.42. The van der Waals surface area contributed by atoms with Gasteiger partial charge in [-0.1, -0.05) is 12.1 Å². The number of amides is 2. The minimum atomic E-state index is -0.882. The Balaban J connectivity index is 1.94. The Bertz CT molecular complexity index is 503. The van der Waals surface area contributed by atoms with E-state index in [0.29, 0.717) is 5.75 Å². The second-order valence-electron chi connectivity index (χ2n) is 5.89. The minimum Gasteiger partial charge on any atom is -0.387 e. The van der Waals surface area contributed by atoms with Crippen molar-refractivity contribution in [2.75, 3.05) is 23.9 Å². The number of benzene rings is 1. The van der Waals surface area contributed by atoms with Crippen LogP contribution in [0.25, 0.3) is 0 Å². The zero-order chi connectivity index (χ0) is 15.3. The van der Waals surface area contributed by atoms with Gasteiger partial charge >= 0.3 is 6.03 Å². The van der Waals surface area contributed by atoms with E-state index < -0.39 is 5.60 Å². The van der Waals surface area contributed by atoms with Crippen LogP contribution in [0.2, 0.25) is 0 Å². The fourth-order valence-electron chi connectivity index (χ4n) is 2.70. The van der Waals surface area contributed by atoms with Gasteiger partial charge in [-0.3, -0.25) is 0 Å². The Morgan fingerprint density at radius 1 is 1.38 bits per heavy atom. The molecule has 2 rings (SSSR count). The second kappa shape index (κ2) is 7.18. The van der Waals surface area contributed by atoms with Crippen molar-refractivity contribution in [1.82, 2.24) is 5.32 Å². The molecule has 1 aliphatic rings. The molecule has 0 heterocycles. The van der Waals surface area contributed by atoms with Crippen molar-refractivity contribution >= 4 is 23.5 Å². The summed E-state index contributed by atoms with van der Waals surface area (Å²) in [6.45, 7) is 1.98. The van der Waals surface area contributed by atoms with Gasteiger partial charge in [-0.25, -0.2) is 4.79 Å². The van der Waals surface area contributed by atoms with Gasteiger partial charge in [-0.15, -0.1) is 0 Å². The van der Waals surface area contributed by atoms with Crippen molar-refractivity contribution in [3.63, 3.8) is 0 Å². The lowest BCUT2D eigenvalue weighted by atomic mass is 9.90. The van der Waals surface area contributed by atoms with Gasteiger partial charge in [0.1, 0.15) is 0 Å². The Labute approximate surface area is 130 Å². The van der Waals surface area contributed by atoms with E-state index in [0.717, 1.165) is 18.5 Å². The van der Waals surface area contributed by atoms with E-state index in [4.69, 9.17) is 0 Å². The Morgan fingerprint density at radius 2 is 2.14 bits per heavy atom. The van der Waals surface area contributed by atoms with E-state index in [1.165, 1.54) is 24.0 Å². The predicted molar refractivity (Wildman–Crippen MR) is 89.1 cm³/mol. The van der Waals surface area contributed by atoms with Crippen LogP contribution in [0.5, 0.6) is 0 Å². The fraction of sp³-hybridized carbons (Fsp3) is 0.562. The Hall–Kier alpha value is -1.20. The van der Waals surface area contributed by atoms with E-state index in [9.17, 15) is 9.90 Å². The first-order valence-electron chi connectivity index (χ1n) is 7.39. The van der Waals surface area contributed by atoms with E-state index in [-0.39, 0.29) is 12.6 Å². The summed E-state index contributed by atoms with van der Waals surface area (Å²) in [4.78, 5) is 12.0. The lowest BCUT2D eigenvalue weighted by molar-refractivity contribution is 0.0876. The van der Waals surface area contributed by atoms with Gasteiger partial charge < -0.3 is 15.7 Å². The molecule has 1 atom stereocenters. The summed E-state index contributed by atoms with van der Waals surface area (Å²) in [5.41, 5.74) is 2.62. The highest BCUT2D eigenvalue weighted by Crippen LogP contribution is 2.27. The molecule has 3 N–H and O–H groups in total. The number of urea groups is 1. The molecular formula is C16H24N2O2S. The highest BCUT2D eigenvalue weighted by molar-refractivity contribution is 7.98. The highest BCUT2D eigenvalue weighted by atomic mass is 32.2. The van der Waals surface area contributed by atoms with Crippen LogP contribution in [0, 0.1) is 0 Å². The highest BCUT2D eigenvalue weighted by Gasteiger charge is 2.21. The number of rotatable bonds is 5. The lowest BCUT2D eigenvalue weighted by Gasteiger charge is -2.23. The molecular weight excluding hydrogens is 284 g/mol. The molecule has 116 valence electrons. The second-order valence-corrected chi connectivity index (χ2v) is 6.75. The van der Waals surface area contributed by atoms with E-state index in [1.54, 1.807) is 18.7 Å². The van der Waals surface area contributed by atoms with Crippen molar-refractivity contribution < 1.29 is 9.90 Å². The van der Waals surface area contributed by atoms with E-state index in [2.05, 4.69) is 16.7 Å². The number of thioether (sulfide) groups is 1. The number of aliphatic hydroxyl groups is 1. The molecule has 0 saturated carbocycles. The SMILES string of the molecule is CSCC(C)(O)CNC(=O)Nc1cccc2c1CCCC2. The lowest BCUT2D eigenvalue weighted by Crippen LogP contribution is -2.44. The molecule has 21 heavy (non-hydrogen) atoms. The molecule has 0 bridgehead atoms. The summed E-state index contributed by atoms with van der Waals surface area (Å²) in [6, 6.07) is 5.82. The molecule has 0 spiro atoms. The van der Waals surface area contributed by atoms with Gasteiger partial charge in [0.15, 0.2) is 0 Å². The first-order chi connectivity index (χ1) is 10.0. The summed E-state index contributed by atoms with van der Waals surface area (Å²) in [5.74, 6) is 0.591. The Morgan fingerprint density at radius 3 is 2.90 bits per heavy atom. The standard InChI is InChI=1S/C16H24N2O2S/c1-16(20,11-21-2)10-17-15(19)18-14-9-5-7-12-6-3-4-8-13(12)14/h5,7,9,20H,3-4,6,8,10-11H2,1-2H3,(H2,17,18,19). The van der Waals surface area contributed by atoms with Crippen LogP contribution in [0.1, 0.15) is 30.9 Å². The van der Waals surface area contributed by atoms with Gasteiger partial charge in [0, 0.05) is 18.0 Å². The molecule has 0 saturated heterocycles. The van der Waals surface area contributed by atoms with Crippen molar-refractivity contribution in [1.29, 1.82) is 0 Å². The van der Waals surface area contributed by atoms with E-state index >= 15 is 0 Å². The molecule has 1 aromatic rings. The number of aryl methyl sites for hydroxylation is 1. The zero-order valence-electron chi connectivity index (χ0n) is 12.7. The van der Waals surface area contributed by atoms with Gasteiger partial charge in [0.25, 0.3) is 0 Å². The van der Waals surface area contributed by atoms with E-state index in [1.807, 2.05) is 18.4 Å². The maximum absolute atomic E-state index is 12.0. The van der Waals surface area contributed by atoms with Gasteiger partial charge in [0.05, 0.1) is 5.60 Å². The maximum atomic E-state index is 12.0. The number of carbonyl (C=O) groups is 1. The molecule has 2 amide bonds. The van der Waals surface area contributed by atoms with Crippen LogP contribution in [-0.2, 0) is 12.8 Å². The molecule has 0 aliphatic heterocycles. The molecule has 0 aromatic heterocycles. The monoisotopic (exact) mass is 308 g/mol. The van der Waals surface area contributed by atoms with Crippen molar-refractivity contribution in [3.8, 4) is 0 Å². The van der Waals surface area contributed by atoms with Crippen LogP contribution >= 0.6 is 11.8 Å². The van der Waals surface area contributed by atoms with Crippen LogP contribution < -0.4 is 10.6 Å². The molecule has 1 unspecified atom stereocenters. The average Bonchev–Trinajstić information content (AvgIpc) is 2.46. The summed E-state index contributed by atoms with van der Waals surface area (Å²) >= 11 is 1.56. The average molecular weight is 308 g/mol. The van der Waals surface area contributed by atoms with Crippen LogP contribution in [0.15, 0.2) is 18.2 Å². The van der Waals surface area contributed by atoms with Gasteiger partial charge in [-0.2, -0.15) is 11.8 Å². The molecule has 4 nitrogen and oxygen atoms in total. The molecule has 1 aliphatic carbocycles. The number of fused-ring (bicyclic) bond motifs is 1. The summed E-state index contributed by atoms with van der Waals surface area (Å²) < 4.78 is 0. The van der Waals surface area contributed by atoms with Gasteiger partial charge in [-0.05, 0) is 56.1 Å². The normalized spacial score (nSPS) is 16.7. The summed E-state index contributed by atoms with van der Waals surface area (Å²) in [6.07, 6.45) is 6.45. The predicted octanol–water partition coefficient (Wildman–Crippen LogP) is 2.80. The molecule has 0 fully saturated rings. The zero-order valence-corrected chi connectivity index (χ0v) is 13.6. The smallest absolute Gasteiger partial charge is 0.319 e. The van der Waals surface area contributed by atoms with Crippen molar-refractivity contribution in [2.45, 2.75) is 38.2 Å². The third kappa shape index (κ3) is 4.64. The number of hydrogen-bond acceptors (Lipinski definition) is 3. The molecule has 0 radical (unpaired) electrons.